The van der Waals surface area contributed by atoms with Gasteiger partial charge < -0.3 is 4.90 Å². The number of hydrogen-bond acceptors (Lipinski definition) is 4. The van der Waals surface area contributed by atoms with E-state index in [0.29, 0.717) is 13.1 Å². The zero-order valence-electron chi connectivity index (χ0n) is 10.9. The predicted octanol–water partition coefficient (Wildman–Crippen LogP) is 0.0316. The minimum Gasteiger partial charge on any atom is -0.328 e. The van der Waals surface area contributed by atoms with Gasteiger partial charge in [0.15, 0.2) is 0 Å². The van der Waals surface area contributed by atoms with Gasteiger partial charge in [-0.1, -0.05) is 30.3 Å². The van der Waals surface area contributed by atoms with E-state index < -0.39 is 9.84 Å². The standard InChI is InChI=1S/C13H18N2O3S/c1-19(17,18)8-7-15-10-14-12(13(15)16)9-11-5-3-2-4-6-11/h2-6,12,14H,7-10H2,1H3. The number of benzene rings is 1. The van der Waals surface area contributed by atoms with Crippen LogP contribution in [0.3, 0.4) is 0 Å². The molecule has 5 nitrogen and oxygen atoms in total. The van der Waals surface area contributed by atoms with Crippen LogP contribution in [0.4, 0.5) is 0 Å². The SMILES string of the molecule is CS(=O)(=O)CCN1CNC(Cc2ccccc2)C1=O. The third kappa shape index (κ3) is 4.04. The largest absolute Gasteiger partial charge is 0.328 e. The number of carbonyl (C=O) groups excluding carboxylic acids is 1. The second-order valence-corrected chi connectivity index (χ2v) is 7.10. The van der Waals surface area contributed by atoms with Crippen molar-refractivity contribution in [3.8, 4) is 0 Å². The number of amides is 1. The van der Waals surface area contributed by atoms with E-state index in [9.17, 15) is 13.2 Å². The summed E-state index contributed by atoms with van der Waals surface area (Å²) in [5.41, 5.74) is 1.10. The van der Waals surface area contributed by atoms with Crippen molar-refractivity contribution in [3.05, 3.63) is 35.9 Å². The number of carbonyl (C=O) groups is 1. The molecule has 1 fully saturated rings. The summed E-state index contributed by atoms with van der Waals surface area (Å²) in [7, 11) is -3.03. The van der Waals surface area contributed by atoms with E-state index in [1.807, 2.05) is 30.3 Å². The molecule has 0 aromatic heterocycles. The first kappa shape index (κ1) is 14.0. The Balaban J connectivity index is 1.91. The van der Waals surface area contributed by atoms with E-state index in [4.69, 9.17) is 0 Å². The molecule has 6 heteroatoms. The number of hydrogen-bond donors (Lipinski definition) is 1. The van der Waals surface area contributed by atoms with E-state index >= 15 is 0 Å². The Morgan fingerprint density at radius 3 is 2.63 bits per heavy atom. The molecule has 1 N–H and O–H groups in total. The summed E-state index contributed by atoms with van der Waals surface area (Å²) >= 11 is 0. The molecule has 1 amide bonds. The topological polar surface area (TPSA) is 66.5 Å². The fourth-order valence-corrected chi connectivity index (χ4v) is 2.63. The predicted molar refractivity (Wildman–Crippen MR) is 73.4 cm³/mol. The highest BCUT2D eigenvalue weighted by molar-refractivity contribution is 7.90. The molecule has 0 radical (unpaired) electrons. The normalized spacial score (nSPS) is 19.9. The van der Waals surface area contributed by atoms with Crippen molar-refractivity contribution in [2.45, 2.75) is 12.5 Å². The molecule has 1 aromatic rings. The van der Waals surface area contributed by atoms with Crippen LogP contribution < -0.4 is 5.32 Å². The first-order valence-electron chi connectivity index (χ1n) is 6.19. The fraction of sp³-hybridized carbons (Fsp3) is 0.462. The highest BCUT2D eigenvalue weighted by atomic mass is 32.2. The van der Waals surface area contributed by atoms with Crippen LogP contribution in [0.5, 0.6) is 0 Å². The van der Waals surface area contributed by atoms with Gasteiger partial charge >= 0.3 is 0 Å². The van der Waals surface area contributed by atoms with Crippen LogP contribution in [0, 0.1) is 0 Å². The minimum atomic E-state index is -3.03. The molecule has 1 heterocycles. The molecule has 0 spiro atoms. The van der Waals surface area contributed by atoms with Crippen molar-refractivity contribution in [3.63, 3.8) is 0 Å². The van der Waals surface area contributed by atoms with Gasteiger partial charge in [0, 0.05) is 12.8 Å². The van der Waals surface area contributed by atoms with Gasteiger partial charge in [-0.05, 0) is 12.0 Å². The molecule has 1 aliphatic rings. The average molecular weight is 282 g/mol. The Morgan fingerprint density at radius 2 is 2.00 bits per heavy atom. The first-order valence-corrected chi connectivity index (χ1v) is 8.25. The van der Waals surface area contributed by atoms with Crippen molar-refractivity contribution >= 4 is 15.7 Å². The zero-order valence-corrected chi connectivity index (χ0v) is 11.7. The maximum absolute atomic E-state index is 12.1. The van der Waals surface area contributed by atoms with Gasteiger partial charge in [-0.25, -0.2) is 8.42 Å². The molecule has 0 bridgehead atoms. The van der Waals surface area contributed by atoms with Crippen LogP contribution >= 0.6 is 0 Å². The molecule has 1 aliphatic heterocycles. The Labute approximate surface area is 113 Å². The number of nitrogens with one attached hydrogen (secondary N) is 1. The molecule has 0 aliphatic carbocycles. The molecule has 1 unspecified atom stereocenters. The summed E-state index contributed by atoms with van der Waals surface area (Å²) in [4.78, 5) is 13.7. The monoisotopic (exact) mass is 282 g/mol. The van der Waals surface area contributed by atoms with Gasteiger partial charge in [0.25, 0.3) is 0 Å². The van der Waals surface area contributed by atoms with Crippen LogP contribution in [0.25, 0.3) is 0 Å². The molecule has 2 rings (SSSR count). The Kier molecular flexibility index (Phi) is 4.21. The second-order valence-electron chi connectivity index (χ2n) is 4.84. The third-order valence-corrected chi connectivity index (χ3v) is 4.08. The molecule has 1 atom stereocenters. The number of sulfone groups is 1. The third-order valence-electron chi connectivity index (χ3n) is 3.15. The summed E-state index contributed by atoms with van der Waals surface area (Å²) in [5, 5.41) is 3.12. The van der Waals surface area contributed by atoms with Crippen LogP contribution in [0.1, 0.15) is 5.56 Å². The maximum Gasteiger partial charge on any atom is 0.241 e. The fourth-order valence-electron chi connectivity index (χ4n) is 2.08. The van der Waals surface area contributed by atoms with E-state index in [0.717, 1.165) is 5.56 Å². The van der Waals surface area contributed by atoms with Crippen LogP contribution in [0.15, 0.2) is 30.3 Å². The highest BCUT2D eigenvalue weighted by Gasteiger charge is 2.31. The lowest BCUT2D eigenvalue weighted by Gasteiger charge is -2.14. The van der Waals surface area contributed by atoms with Gasteiger partial charge in [-0.3, -0.25) is 10.1 Å². The van der Waals surface area contributed by atoms with Crippen molar-refractivity contribution < 1.29 is 13.2 Å². The van der Waals surface area contributed by atoms with E-state index in [2.05, 4.69) is 5.32 Å². The summed E-state index contributed by atoms with van der Waals surface area (Å²) in [6, 6.07) is 9.53. The van der Waals surface area contributed by atoms with Crippen molar-refractivity contribution in [2.24, 2.45) is 0 Å². The van der Waals surface area contributed by atoms with E-state index in [1.54, 1.807) is 4.90 Å². The van der Waals surface area contributed by atoms with Crippen LogP contribution in [-0.2, 0) is 21.1 Å². The van der Waals surface area contributed by atoms with E-state index in [-0.39, 0.29) is 24.2 Å². The van der Waals surface area contributed by atoms with Gasteiger partial charge in [-0.2, -0.15) is 0 Å². The first-order chi connectivity index (χ1) is 8.96. The van der Waals surface area contributed by atoms with Gasteiger partial charge in [0.2, 0.25) is 5.91 Å². The Bertz CT molecular complexity index is 542. The van der Waals surface area contributed by atoms with Crippen LogP contribution in [0.2, 0.25) is 0 Å². The van der Waals surface area contributed by atoms with Crippen LogP contribution in [-0.4, -0.2) is 50.5 Å². The zero-order chi connectivity index (χ0) is 13.9. The lowest BCUT2D eigenvalue weighted by molar-refractivity contribution is -0.128. The highest BCUT2D eigenvalue weighted by Crippen LogP contribution is 2.10. The molecule has 1 aromatic carbocycles. The van der Waals surface area contributed by atoms with E-state index in [1.165, 1.54) is 6.26 Å². The van der Waals surface area contributed by atoms with Crippen molar-refractivity contribution in [1.82, 2.24) is 10.2 Å². The Morgan fingerprint density at radius 1 is 1.32 bits per heavy atom. The second kappa shape index (κ2) is 5.71. The number of rotatable bonds is 5. The lowest BCUT2D eigenvalue weighted by atomic mass is 10.1. The maximum atomic E-state index is 12.1. The lowest BCUT2D eigenvalue weighted by Crippen LogP contribution is -2.34. The minimum absolute atomic E-state index is 0.0124. The summed E-state index contributed by atoms with van der Waals surface area (Å²) < 4.78 is 22.2. The summed E-state index contributed by atoms with van der Waals surface area (Å²) in [5.74, 6) is -0.00845. The molecular weight excluding hydrogens is 264 g/mol. The summed E-state index contributed by atoms with van der Waals surface area (Å²) in [6.45, 7) is 0.682. The van der Waals surface area contributed by atoms with Gasteiger partial charge in [0.1, 0.15) is 9.84 Å². The molecule has 1 saturated heterocycles. The molecule has 0 saturated carbocycles. The molecule has 19 heavy (non-hydrogen) atoms. The molecule has 104 valence electrons. The molecular formula is C13H18N2O3S. The average Bonchev–Trinajstić information content (AvgIpc) is 2.69. The Hall–Kier alpha value is -1.40. The smallest absolute Gasteiger partial charge is 0.241 e. The number of nitrogens with zero attached hydrogens (tertiary/aromatic N) is 1. The van der Waals surface area contributed by atoms with Crippen molar-refractivity contribution in [1.29, 1.82) is 0 Å². The van der Waals surface area contributed by atoms with Crippen molar-refractivity contribution in [2.75, 3.05) is 25.2 Å². The van der Waals surface area contributed by atoms with Gasteiger partial charge in [-0.15, -0.1) is 0 Å². The summed E-state index contributed by atoms with van der Waals surface area (Å²) in [6.07, 6.45) is 1.82. The van der Waals surface area contributed by atoms with Gasteiger partial charge in [0.05, 0.1) is 18.5 Å². The quantitative estimate of drug-likeness (QED) is 0.827.